The second-order valence-electron chi connectivity index (χ2n) is 15.3. The molecule has 0 bridgehead atoms. The average molecular weight is 805 g/mol. The van der Waals surface area contributed by atoms with Crippen molar-refractivity contribution in [3.05, 3.63) is 66.7 Å². The van der Waals surface area contributed by atoms with Crippen molar-refractivity contribution in [2.45, 2.75) is 142 Å². The van der Waals surface area contributed by atoms with Crippen LogP contribution in [0.3, 0.4) is 0 Å². The van der Waals surface area contributed by atoms with Gasteiger partial charge in [0.15, 0.2) is 0 Å². The zero-order chi connectivity index (χ0) is 41.1. The van der Waals surface area contributed by atoms with Gasteiger partial charge in [-0.3, -0.25) is 0 Å². The molecular formula is C50H76O8. The predicted octanol–water partition coefficient (Wildman–Crippen LogP) is 13.1. The summed E-state index contributed by atoms with van der Waals surface area (Å²) in [5, 5.41) is 8.65. The maximum Gasteiger partial charge on any atom is 0.329 e. The van der Waals surface area contributed by atoms with Gasteiger partial charge in [-0.2, -0.15) is 0 Å². The predicted molar refractivity (Wildman–Crippen MR) is 238 cm³/mol. The van der Waals surface area contributed by atoms with Gasteiger partial charge < -0.3 is 33.5 Å². The monoisotopic (exact) mass is 805 g/mol. The fraction of sp³-hybridized carbons (Fsp3) is 0.620. The van der Waals surface area contributed by atoms with Crippen LogP contribution in [0.2, 0.25) is 0 Å². The van der Waals surface area contributed by atoms with Gasteiger partial charge in [0.05, 0.1) is 46.2 Å². The number of hydrogen-bond donors (Lipinski definition) is 1. The molecule has 0 aromatic heterocycles. The number of unbranched alkanes of at least 4 members (excludes halogenated alkanes) is 18. The number of carbonyl (C=O) groups is 1. The van der Waals surface area contributed by atoms with Crippen LogP contribution >= 0.6 is 0 Å². The summed E-state index contributed by atoms with van der Waals surface area (Å²) in [5.41, 5.74) is 4.23. The third kappa shape index (κ3) is 23.1. The highest BCUT2D eigenvalue weighted by molar-refractivity contribution is 5.77. The van der Waals surface area contributed by atoms with Crippen LogP contribution in [0.4, 0.5) is 0 Å². The van der Waals surface area contributed by atoms with Gasteiger partial charge >= 0.3 is 5.97 Å². The molecule has 0 spiro atoms. The average Bonchev–Trinajstić information content (AvgIpc) is 3.24. The molecule has 0 saturated heterocycles. The Morgan fingerprint density at radius 3 is 1.28 bits per heavy atom. The first-order chi connectivity index (χ1) is 28.6. The van der Waals surface area contributed by atoms with Crippen LogP contribution in [0.5, 0.6) is 17.2 Å². The Morgan fingerprint density at radius 1 is 0.414 bits per heavy atom. The fourth-order valence-electron chi connectivity index (χ4n) is 6.90. The van der Waals surface area contributed by atoms with Gasteiger partial charge in [0.25, 0.3) is 0 Å². The number of hydrogen-bond acceptors (Lipinski definition) is 7. The number of benzene rings is 3. The van der Waals surface area contributed by atoms with E-state index in [1.165, 1.54) is 116 Å². The van der Waals surface area contributed by atoms with Gasteiger partial charge in [0.2, 0.25) is 0 Å². The van der Waals surface area contributed by atoms with Crippen LogP contribution in [0.1, 0.15) is 142 Å². The number of ether oxygens (including phenoxy) is 6. The van der Waals surface area contributed by atoms with Gasteiger partial charge in [0.1, 0.15) is 30.5 Å². The summed E-state index contributed by atoms with van der Waals surface area (Å²) in [4.78, 5) is 10.5. The van der Waals surface area contributed by atoms with Crippen molar-refractivity contribution in [1.29, 1.82) is 0 Å². The summed E-state index contributed by atoms with van der Waals surface area (Å²) in [5.74, 6) is 1.58. The number of rotatable bonds is 38. The number of aliphatic carboxylic acids is 1. The smallest absolute Gasteiger partial charge is 0.329 e. The minimum absolute atomic E-state index is 0.232. The first-order valence-corrected chi connectivity index (χ1v) is 22.8. The summed E-state index contributed by atoms with van der Waals surface area (Å²) in [7, 11) is 0. The van der Waals surface area contributed by atoms with E-state index in [4.69, 9.17) is 33.5 Å². The minimum Gasteiger partial charge on any atom is -0.494 e. The Balaban J connectivity index is 1.48. The molecule has 1 N–H and O–H groups in total. The topological polar surface area (TPSA) is 92.7 Å². The lowest BCUT2D eigenvalue weighted by Crippen LogP contribution is -2.14. The molecule has 0 aliphatic rings. The molecule has 0 fully saturated rings. The molecule has 0 aliphatic heterocycles. The van der Waals surface area contributed by atoms with Crippen LogP contribution in [-0.2, 0) is 19.0 Å². The Morgan fingerprint density at radius 2 is 0.810 bits per heavy atom. The van der Waals surface area contributed by atoms with Gasteiger partial charge in [-0.05, 0) is 59.9 Å². The lowest BCUT2D eigenvalue weighted by Gasteiger charge is -2.15. The van der Waals surface area contributed by atoms with E-state index >= 15 is 0 Å². The summed E-state index contributed by atoms with van der Waals surface area (Å²) < 4.78 is 34.7. The molecular weight excluding hydrogens is 729 g/mol. The molecule has 3 rings (SSSR count). The number of carboxylic acids is 1. The van der Waals surface area contributed by atoms with Crippen molar-refractivity contribution in [3.8, 4) is 39.5 Å². The van der Waals surface area contributed by atoms with E-state index in [0.717, 1.165) is 65.6 Å². The first kappa shape index (κ1) is 48.8. The van der Waals surface area contributed by atoms with Crippen LogP contribution in [-0.4, -0.2) is 70.5 Å². The molecule has 0 heterocycles. The van der Waals surface area contributed by atoms with E-state index in [1.54, 1.807) is 0 Å². The van der Waals surface area contributed by atoms with Crippen molar-refractivity contribution in [1.82, 2.24) is 0 Å². The van der Waals surface area contributed by atoms with E-state index < -0.39 is 5.97 Å². The Kier molecular flexibility index (Phi) is 28.0. The fourth-order valence-corrected chi connectivity index (χ4v) is 6.90. The molecule has 0 unspecified atom stereocenters. The molecule has 324 valence electrons. The molecule has 3 aromatic carbocycles. The highest BCUT2D eigenvalue weighted by Crippen LogP contribution is 2.36. The van der Waals surface area contributed by atoms with Crippen LogP contribution in [0.25, 0.3) is 22.3 Å². The Bertz CT molecular complexity index is 1420. The van der Waals surface area contributed by atoms with Crippen LogP contribution in [0.15, 0.2) is 66.7 Å². The van der Waals surface area contributed by atoms with E-state index in [1.807, 2.05) is 12.1 Å². The lowest BCUT2D eigenvalue weighted by molar-refractivity contribution is -0.142. The SMILES string of the molecule is CCCCCCCCCCCCOc1ccc(-c2ccc(-c3ccc(OCCCCCCCCCCCC)cc3)c(OCCOCCOCCOCC(=O)O)c2)cc1. The van der Waals surface area contributed by atoms with Crippen molar-refractivity contribution in [2.24, 2.45) is 0 Å². The van der Waals surface area contributed by atoms with Gasteiger partial charge in [0, 0.05) is 5.56 Å². The third-order valence-corrected chi connectivity index (χ3v) is 10.3. The van der Waals surface area contributed by atoms with E-state index in [-0.39, 0.29) is 13.2 Å². The minimum atomic E-state index is -0.990. The highest BCUT2D eigenvalue weighted by Gasteiger charge is 2.11. The summed E-state index contributed by atoms with van der Waals surface area (Å²) >= 11 is 0. The summed E-state index contributed by atoms with van der Waals surface area (Å²) in [6, 6.07) is 23.0. The van der Waals surface area contributed by atoms with E-state index in [9.17, 15) is 4.79 Å². The van der Waals surface area contributed by atoms with Crippen LogP contribution in [0, 0.1) is 0 Å². The quantitative estimate of drug-likeness (QED) is 0.0573. The second-order valence-corrected chi connectivity index (χ2v) is 15.3. The largest absolute Gasteiger partial charge is 0.494 e. The number of carboxylic acid groups (broad SMARTS) is 1. The maximum atomic E-state index is 10.5. The second kappa shape index (κ2) is 33.3. The third-order valence-electron chi connectivity index (χ3n) is 10.3. The first-order valence-electron chi connectivity index (χ1n) is 22.8. The van der Waals surface area contributed by atoms with E-state index in [2.05, 4.69) is 68.4 Å². The molecule has 58 heavy (non-hydrogen) atoms. The molecule has 3 aromatic rings. The van der Waals surface area contributed by atoms with Crippen molar-refractivity contribution in [3.63, 3.8) is 0 Å². The molecule has 0 amide bonds. The molecule has 0 atom stereocenters. The van der Waals surface area contributed by atoms with Gasteiger partial charge in [-0.1, -0.05) is 166 Å². The zero-order valence-corrected chi connectivity index (χ0v) is 36.2. The van der Waals surface area contributed by atoms with Crippen LogP contribution < -0.4 is 14.2 Å². The lowest BCUT2D eigenvalue weighted by atomic mass is 9.99. The summed E-state index contributed by atoms with van der Waals surface area (Å²) in [6.45, 7) is 7.84. The van der Waals surface area contributed by atoms with Crippen molar-refractivity contribution in [2.75, 3.05) is 59.5 Å². The molecule has 8 nitrogen and oxygen atoms in total. The maximum absolute atomic E-state index is 10.5. The Labute approximate surface area is 351 Å². The molecule has 0 aliphatic carbocycles. The molecule has 0 saturated carbocycles. The normalized spacial score (nSPS) is 11.2. The van der Waals surface area contributed by atoms with Crippen molar-refractivity contribution < 1.29 is 38.3 Å². The van der Waals surface area contributed by atoms with Gasteiger partial charge in [-0.15, -0.1) is 0 Å². The Hall–Kier alpha value is -3.59. The standard InChI is InChI=1S/C50H76O8/c1-3-5-7-9-11-13-15-17-19-21-33-56-46-28-23-43(24-29-46)45-27-32-48(49(41-45)58-40-39-54-36-35-53-37-38-55-42-50(51)52)44-25-30-47(31-26-44)57-34-22-20-18-16-14-12-10-8-6-4-2/h23-32,41H,3-22,33-40,42H2,1-2H3,(H,51,52). The summed E-state index contributed by atoms with van der Waals surface area (Å²) in [6.07, 6.45) is 26.2. The van der Waals surface area contributed by atoms with Crippen molar-refractivity contribution >= 4 is 5.97 Å². The zero-order valence-electron chi connectivity index (χ0n) is 36.2. The molecule has 8 heteroatoms. The highest BCUT2D eigenvalue weighted by atomic mass is 16.6. The van der Waals surface area contributed by atoms with Gasteiger partial charge in [-0.25, -0.2) is 4.79 Å². The molecule has 0 radical (unpaired) electrons. The van der Waals surface area contributed by atoms with E-state index in [0.29, 0.717) is 33.0 Å².